The van der Waals surface area contributed by atoms with Crippen LogP contribution in [0.4, 0.5) is 17.1 Å². The standard InChI is InChI=1S/C14H14N4O3/c1-9-5-6-16-8-12(9)17-14(19)11-7-10(15-2)3-4-13(11)18(20)21/h3-8,15H,1-2H3,(H,17,19). The molecule has 1 aromatic heterocycles. The summed E-state index contributed by atoms with van der Waals surface area (Å²) in [6.07, 6.45) is 3.11. The minimum Gasteiger partial charge on any atom is -0.388 e. The summed E-state index contributed by atoms with van der Waals surface area (Å²) in [5, 5.41) is 16.5. The average Bonchev–Trinajstić information content (AvgIpc) is 2.48. The molecule has 0 aliphatic carbocycles. The van der Waals surface area contributed by atoms with Crippen molar-refractivity contribution >= 4 is 23.0 Å². The third-order valence-electron chi connectivity index (χ3n) is 3.01. The van der Waals surface area contributed by atoms with E-state index in [0.29, 0.717) is 11.4 Å². The number of nitro groups is 1. The van der Waals surface area contributed by atoms with Crippen LogP contribution in [0.2, 0.25) is 0 Å². The number of aromatic nitrogens is 1. The number of amides is 1. The number of nitro benzene ring substituents is 1. The molecule has 2 rings (SSSR count). The molecule has 1 aromatic carbocycles. The summed E-state index contributed by atoms with van der Waals surface area (Å²) in [4.78, 5) is 26.7. The number of pyridine rings is 1. The smallest absolute Gasteiger partial charge is 0.282 e. The minimum atomic E-state index is -0.579. The Balaban J connectivity index is 2.38. The number of hydrogen-bond acceptors (Lipinski definition) is 5. The van der Waals surface area contributed by atoms with Crippen molar-refractivity contribution in [2.45, 2.75) is 6.92 Å². The highest BCUT2D eigenvalue weighted by molar-refractivity contribution is 6.07. The van der Waals surface area contributed by atoms with Crippen molar-refractivity contribution in [3.8, 4) is 0 Å². The van der Waals surface area contributed by atoms with Crippen LogP contribution in [0.15, 0.2) is 36.7 Å². The Bertz CT molecular complexity index is 700. The van der Waals surface area contributed by atoms with Gasteiger partial charge in [0.25, 0.3) is 11.6 Å². The number of hydrogen-bond donors (Lipinski definition) is 2. The first-order valence-corrected chi connectivity index (χ1v) is 6.21. The monoisotopic (exact) mass is 286 g/mol. The first-order valence-electron chi connectivity index (χ1n) is 6.21. The third-order valence-corrected chi connectivity index (χ3v) is 3.01. The fraction of sp³-hybridized carbons (Fsp3) is 0.143. The van der Waals surface area contributed by atoms with Gasteiger partial charge in [0, 0.05) is 25.0 Å². The lowest BCUT2D eigenvalue weighted by Crippen LogP contribution is -2.15. The fourth-order valence-corrected chi connectivity index (χ4v) is 1.82. The topological polar surface area (TPSA) is 97.2 Å². The van der Waals surface area contributed by atoms with E-state index in [1.165, 1.54) is 18.3 Å². The molecule has 0 fully saturated rings. The molecule has 0 spiro atoms. The highest BCUT2D eigenvalue weighted by Crippen LogP contribution is 2.24. The summed E-state index contributed by atoms with van der Waals surface area (Å²) in [7, 11) is 1.67. The Hall–Kier alpha value is -2.96. The number of anilines is 2. The largest absolute Gasteiger partial charge is 0.388 e. The van der Waals surface area contributed by atoms with Crippen LogP contribution in [-0.4, -0.2) is 22.9 Å². The summed E-state index contributed by atoms with van der Waals surface area (Å²) in [5.74, 6) is -0.546. The van der Waals surface area contributed by atoms with Crippen molar-refractivity contribution in [1.82, 2.24) is 4.98 Å². The minimum absolute atomic E-state index is 0.00453. The van der Waals surface area contributed by atoms with Crippen LogP contribution >= 0.6 is 0 Å². The van der Waals surface area contributed by atoms with Gasteiger partial charge in [0.2, 0.25) is 0 Å². The Morgan fingerprint density at radius 2 is 2.10 bits per heavy atom. The van der Waals surface area contributed by atoms with Gasteiger partial charge in [-0.3, -0.25) is 19.9 Å². The van der Waals surface area contributed by atoms with Gasteiger partial charge in [0.05, 0.1) is 16.8 Å². The zero-order valence-corrected chi connectivity index (χ0v) is 11.6. The van der Waals surface area contributed by atoms with Gasteiger partial charge in [0.1, 0.15) is 5.56 Å². The Morgan fingerprint density at radius 3 is 2.71 bits per heavy atom. The first-order chi connectivity index (χ1) is 10.0. The van der Waals surface area contributed by atoms with E-state index in [1.54, 1.807) is 25.4 Å². The van der Waals surface area contributed by atoms with E-state index in [0.717, 1.165) is 5.56 Å². The summed E-state index contributed by atoms with van der Waals surface area (Å²) >= 11 is 0. The zero-order valence-electron chi connectivity index (χ0n) is 11.6. The molecule has 7 nitrogen and oxygen atoms in total. The predicted octanol–water partition coefficient (Wildman–Crippen LogP) is 2.59. The molecule has 21 heavy (non-hydrogen) atoms. The summed E-state index contributed by atoms with van der Waals surface area (Å²) in [6, 6.07) is 6.04. The van der Waals surface area contributed by atoms with Gasteiger partial charge in [-0.05, 0) is 30.7 Å². The number of aryl methyl sites for hydroxylation is 1. The Kier molecular flexibility index (Phi) is 4.13. The highest BCUT2D eigenvalue weighted by Gasteiger charge is 2.21. The normalized spacial score (nSPS) is 10.0. The number of carbonyl (C=O) groups is 1. The zero-order chi connectivity index (χ0) is 15.4. The second-order valence-electron chi connectivity index (χ2n) is 4.38. The first kappa shape index (κ1) is 14.4. The van der Waals surface area contributed by atoms with E-state index in [9.17, 15) is 14.9 Å². The molecular weight excluding hydrogens is 272 g/mol. The molecule has 0 aliphatic rings. The van der Waals surface area contributed by atoms with Crippen molar-refractivity contribution < 1.29 is 9.72 Å². The molecule has 0 atom stereocenters. The van der Waals surface area contributed by atoms with E-state index in [4.69, 9.17) is 0 Å². The van der Waals surface area contributed by atoms with Gasteiger partial charge in [0.15, 0.2) is 0 Å². The van der Waals surface area contributed by atoms with Gasteiger partial charge < -0.3 is 10.6 Å². The van der Waals surface area contributed by atoms with Crippen molar-refractivity contribution in [2.24, 2.45) is 0 Å². The van der Waals surface area contributed by atoms with Crippen molar-refractivity contribution in [3.05, 3.63) is 57.9 Å². The van der Waals surface area contributed by atoms with E-state index in [1.807, 2.05) is 6.92 Å². The summed E-state index contributed by atoms with van der Waals surface area (Å²) in [5.41, 5.74) is 1.72. The van der Waals surface area contributed by atoms with Gasteiger partial charge in [-0.2, -0.15) is 0 Å². The van der Waals surface area contributed by atoms with Crippen LogP contribution in [0.3, 0.4) is 0 Å². The number of carbonyl (C=O) groups excluding carboxylic acids is 1. The summed E-state index contributed by atoms with van der Waals surface area (Å²) < 4.78 is 0. The highest BCUT2D eigenvalue weighted by atomic mass is 16.6. The fourth-order valence-electron chi connectivity index (χ4n) is 1.82. The molecule has 2 N–H and O–H groups in total. The number of benzene rings is 1. The lowest BCUT2D eigenvalue weighted by atomic mass is 10.1. The van der Waals surface area contributed by atoms with Gasteiger partial charge >= 0.3 is 0 Å². The van der Waals surface area contributed by atoms with Crippen LogP contribution in [0.1, 0.15) is 15.9 Å². The molecule has 0 bridgehead atoms. The molecule has 2 aromatic rings. The molecule has 0 unspecified atom stereocenters. The van der Waals surface area contributed by atoms with Gasteiger partial charge in [-0.15, -0.1) is 0 Å². The predicted molar refractivity (Wildman–Crippen MR) is 79.6 cm³/mol. The van der Waals surface area contributed by atoms with Crippen LogP contribution < -0.4 is 10.6 Å². The molecule has 0 radical (unpaired) electrons. The van der Waals surface area contributed by atoms with Gasteiger partial charge in [-0.1, -0.05) is 0 Å². The number of nitrogens with zero attached hydrogens (tertiary/aromatic N) is 2. The van der Waals surface area contributed by atoms with Crippen LogP contribution in [0, 0.1) is 17.0 Å². The van der Waals surface area contributed by atoms with E-state index in [-0.39, 0.29) is 11.3 Å². The number of rotatable bonds is 4. The van der Waals surface area contributed by atoms with E-state index >= 15 is 0 Å². The summed E-state index contributed by atoms with van der Waals surface area (Å²) in [6.45, 7) is 1.82. The maximum Gasteiger partial charge on any atom is 0.282 e. The molecule has 0 saturated heterocycles. The average molecular weight is 286 g/mol. The molecule has 7 heteroatoms. The quantitative estimate of drug-likeness (QED) is 0.665. The molecule has 0 aliphatic heterocycles. The van der Waals surface area contributed by atoms with Crippen LogP contribution in [0.5, 0.6) is 0 Å². The van der Waals surface area contributed by atoms with Crippen molar-refractivity contribution in [2.75, 3.05) is 17.7 Å². The second kappa shape index (κ2) is 6.00. The lowest BCUT2D eigenvalue weighted by Gasteiger charge is -2.09. The van der Waals surface area contributed by atoms with Crippen molar-refractivity contribution in [3.63, 3.8) is 0 Å². The number of nitrogens with one attached hydrogen (secondary N) is 2. The molecule has 108 valence electrons. The van der Waals surface area contributed by atoms with E-state index in [2.05, 4.69) is 15.6 Å². The van der Waals surface area contributed by atoms with Crippen molar-refractivity contribution in [1.29, 1.82) is 0 Å². The maximum absolute atomic E-state index is 12.3. The Morgan fingerprint density at radius 1 is 1.33 bits per heavy atom. The molecule has 0 saturated carbocycles. The maximum atomic E-state index is 12.3. The Labute approximate surface area is 121 Å². The third kappa shape index (κ3) is 3.14. The van der Waals surface area contributed by atoms with E-state index < -0.39 is 10.8 Å². The molecule has 1 heterocycles. The molecule has 1 amide bonds. The lowest BCUT2D eigenvalue weighted by molar-refractivity contribution is -0.385. The SMILES string of the molecule is CNc1ccc([N+](=O)[O-])c(C(=O)Nc2cnccc2C)c1. The van der Waals surface area contributed by atoms with Crippen LogP contribution in [-0.2, 0) is 0 Å². The van der Waals surface area contributed by atoms with Gasteiger partial charge in [-0.25, -0.2) is 0 Å². The molecular formula is C14H14N4O3. The second-order valence-corrected chi connectivity index (χ2v) is 4.38. The van der Waals surface area contributed by atoms with Crippen LogP contribution in [0.25, 0.3) is 0 Å².